The lowest BCUT2D eigenvalue weighted by molar-refractivity contribution is -0.137. The van der Waals surface area contributed by atoms with Crippen molar-refractivity contribution < 1.29 is 28.8 Å². The molecule has 49 heavy (non-hydrogen) atoms. The van der Waals surface area contributed by atoms with E-state index in [9.17, 15) is 28.8 Å². The third-order valence-corrected chi connectivity index (χ3v) is 9.59. The number of amides is 6. The van der Waals surface area contributed by atoms with Crippen LogP contribution in [0.2, 0.25) is 0 Å². The van der Waals surface area contributed by atoms with Crippen LogP contribution in [-0.2, 0) is 33.8 Å². The number of nitrogens with one attached hydrogen (secondary N) is 2. The lowest BCUT2D eigenvalue weighted by atomic mass is 9.87. The van der Waals surface area contributed by atoms with Crippen molar-refractivity contribution in [3.8, 4) is 0 Å². The van der Waals surface area contributed by atoms with Gasteiger partial charge in [0.2, 0.25) is 17.7 Å². The van der Waals surface area contributed by atoms with Crippen LogP contribution < -0.4 is 10.6 Å². The maximum Gasteiger partial charge on any atom is 0.262 e. The molecule has 2 saturated heterocycles. The molecule has 4 heterocycles. The molecule has 4 aliphatic rings. The van der Waals surface area contributed by atoms with Crippen LogP contribution in [0.1, 0.15) is 128 Å². The molecule has 6 amide bonds. The van der Waals surface area contributed by atoms with E-state index in [0.29, 0.717) is 42.6 Å². The summed E-state index contributed by atoms with van der Waals surface area (Å²) >= 11 is 0. The number of nitrogens with zero attached hydrogens (tertiary/aromatic N) is 2. The Bertz CT molecular complexity index is 1730. The second kappa shape index (κ2) is 13.7. The lowest BCUT2D eigenvalue weighted by Crippen LogP contribution is -2.52. The quantitative estimate of drug-likeness (QED) is 0.392. The van der Waals surface area contributed by atoms with Gasteiger partial charge in [-0.1, -0.05) is 78.5 Å². The molecule has 0 bridgehead atoms. The van der Waals surface area contributed by atoms with E-state index < -0.39 is 12.1 Å². The van der Waals surface area contributed by atoms with E-state index in [0.717, 1.165) is 52.8 Å². The van der Waals surface area contributed by atoms with E-state index in [4.69, 9.17) is 0 Å². The Hall–Kier alpha value is -4.60. The van der Waals surface area contributed by atoms with Crippen LogP contribution in [0.4, 0.5) is 0 Å². The largest absolute Gasteiger partial charge is 0.329 e. The Kier molecular flexibility index (Phi) is 10.00. The average molecular weight is 669 g/mol. The van der Waals surface area contributed by atoms with Gasteiger partial charge in [0.05, 0.1) is 11.1 Å². The van der Waals surface area contributed by atoms with Crippen molar-refractivity contribution >= 4 is 35.4 Å². The highest BCUT2D eigenvalue weighted by Gasteiger charge is 2.45. The molecule has 2 atom stereocenters. The van der Waals surface area contributed by atoms with Gasteiger partial charge < -0.3 is 10.2 Å². The fraction of sp³-hybridized carbons (Fsp3) is 0.487. The van der Waals surface area contributed by atoms with Crippen LogP contribution in [0.3, 0.4) is 0 Å². The molecule has 0 saturated carbocycles. The molecule has 0 radical (unpaired) electrons. The standard InChI is InChI=1S/C20H24N2O3.C19H24N2O3/c1-12-8-9-15(17(23)21-12)22-18(24)14-7-5-6-13(16(14)19(22)25)10-11-20(2,3)4;1-19(2,3)10-9-12-5-4-6-13-11-21(18(24)16(12)13)14-7-8-15(22)20-17(14)23/h5-7,15H,1,8-11H2,2-4H3,(H,21,23);4-6,14H,7-11H2,1-3H3,(H,20,22,23). The molecule has 6 rings (SSSR count). The Labute approximate surface area is 288 Å². The first-order valence-corrected chi connectivity index (χ1v) is 17.2. The summed E-state index contributed by atoms with van der Waals surface area (Å²) in [5.74, 6) is -1.75. The van der Waals surface area contributed by atoms with Crippen molar-refractivity contribution in [2.24, 2.45) is 10.8 Å². The highest BCUT2D eigenvalue weighted by Crippen LogP contribution is 2.34. The number of hydrogen-bond donors (Lipinski definition) is 2. The SMILES string of the molecule is C=C1CCC(N2C(=O)c3cccc(CCC(C)(C)C)c3C2=O)C(=O)N1.CC(C)(C)CCc1cccc2c1C(=O)N(C1CCC(=O)NC1=O)C2. The van der Waals surface area contributed by atoms with Crippen LogP contribution >= 0.6 is 0 Å². The van der Waals surface area contributed by atoms with Crippen LogP contribution in [0, 0.1) is 10.8 Å². The fourth-order valence-corrected chi connectivity index (χ4v) is 6.79. The number of fused-ring (bicyclic) bond motifs is 2. The summed E-state index contributed by atoms with van der Waals surface area (Å²) in [6.07, 6.45) is 5.17. The third kappa shape index (κ3) is 7.84. The van der Waals surface area contributed by atoms with Gasteiger partial charge in [-0.05, 0) is 78.5 Å². The number of imide groups is 2. The Morgan fingerprint density at radius 1 is 0.694 bits per heavy atom. The summed E-state index contributed by atoms with van der Waals surface area (Å²) in [7, 11) is 0. The molecule has 10 heteroatoms. The van der Waals surface area contributed by atoms with Gasteiger partial charge in [0, 0.05) is 24.2 Å². The van der Waals surface area contributed by atoms with Crippen LogP contribution in [0.5, 0.6) is 0 Å². The smallest absolute Gasteiger partial charge is 0.262 e. The van der Waals surface area contributed by atoms with Gasteiger partial charge in [0.25, 0.3) is 17.7 Å². The monoisotopic (exact) mass is 668 g/mol. The molecule has 2 unspecified atom stereocenters. The highest BCUT2D eigenvalue weighted by molar-refractivity contribution is 6.23. The van der Waals surface area contributed by atoms with E-state index in [1.54, 1.807) is 11.0 Å². The van der Waals surface area contributed by atoms with Gasteiger partial charge in [0.1, 0.15) is 12.1 Å². The topological polar surface area (TPSA) is 133 Å². The molecule has 2 aromatic rings. The minimum Gasteiger partial charge on any atom is -0.329 e. The zero-order valence-corrected chi connectivity index (χ0v) is 29.5. The van der Waals surface area contributed by atoms with Crippen LogP contribution in [-0.4, -0.2) is 57.3 Å². The molecule has 0 aromatic heterocycles. The second-order valence-electron chi connectivity index (χ2n) is 15.9. The minimum atomic E-state index is -0.756. The van der Waals surface area contributed by atoms with Gasteiger partial charge in [-0.15, -0.1) is 0 Å². The summed E-state index contributed by atoms with van der Waals surface area (Å²) in [5, 5.41) is 5.00. The van der Waals surface area contributed by atoms with E-state index >= 15 is 0 Å². The van der Waals surface area contributed by atoms with Crippen molar-refractivity contribution in [3.63, 3.8) is 0 Å². The number of piperidine rings is 2. The minimum absolute atomic E-state index is 0.0796. The molecule has 4 aliphatic heterocycles. The van der Waals surface area contributed by atoms with E-state index in [1.807, 2.05) is 30.3 Å². The predicted molar refractivity (Wildman–Crippen MR) is 185 cm³/mol. The normalized spacial score (nSPS) is 20.9. The number of allylic oxidation sites excluding steroid dienone is 1. The Morgan fingerprint density at radius 3 is 1.86 bits per heavy atom. The Morgan fingerprint density at radius 2 is 1.27 bits per heavy atom. The summed E-state index contributed by atoms with van der Waals surface area (Å²) in [6.45, 7) is 17.2. The first-order chi connectivity index (χ1) is 22.9. The summed E-state index contributed by atoms with van der Waals surface area (Å²) in [4.78, 5) is 77.1. The van der Waals surface area contributed by atoms with Crippen molar-refractivity contribution in [2.45, 2.75) is 112 Å². The first-order valence-electron chi connectivity index (χ1n) is 17.2. The summed E-state index contributed by atoms with van der Waals surface area (Å²) in [6, 6.07) is 10.0. The molecule has 2 N–H and O–H groups in total. The number of hydrogen-bond acceptors (Lipinski definition) is 6. The summed E-state index contributed by atoms with van der Waals surface area (Å²) in [5.41, 5.74) is 5.52. The number of carbonyl (C=O) groups is 6. The summed E-state index contributed by atoms with van der Waals surface area (Å²) < 4.78 is 0. The maximum atomic E-state index is 13.0. The van der Waals surface area contributed by atoms with Crippen LogP contribution in [0.25, 0.3) is 0 Å². The molecule has 0 spiro atoms. The fourth-order valence-electron chi connectivity index (χ4n) is 6.79. The van der Waals surface area contributed by atoms with Crippen molar-refractivity contribution in [1.82, 2.24) is 20.4 Å². The number of carbonyl (C=O) groups excluding carboxylic acids is 6. The van der Waals surface area contributed by atoms with Crippen molar-refractivity contribution in [3.05, 3.63) is 82.1 Å². The van der Waals surface area contributed by atoms with Crippen LogP contribution in [0.15, 0.2) is 48.7 Å². The molecule has 10 nitrogen and oxygen atoms in total. The second-order valence-corrected chi connectivity index (χ2v) is 15.9. The van der Waals surface area contributed by atoms with Gasteiger partial charge >= 0.3 is 0 Å². The molecule has 0 aliphatic carbocycles. The molecule has 260 valence electrons. The highest BCUT2D eigenvalue weighted by atomic mass is 16.2. The molecular formula is C39H48N4O6. The Balaban J connectivity index is 0.000000191. The zero-order valence-electron chi connectivity index (χ0n) is 29.5. The molecule has 2 fully saturated rings. The van der Waals surface area contributed by atoms with Gasteiger partial charge in [-0.2, -0.15) is 0 Å². The number of rotatable bonds is 6. The zero-order chi connectivity index (χ0) is 35.8. The van der Waals surface area contributed by atoms with E-state index in [2.05, 4.69) is 58.8 Å². The predicted octanol–water partition coefficient (Wildman–Crippen LogP) is 5.48. The number of benzene rings is 2. The van der Waals surface area contributed by atoms with Gasteiger partial charge in [0.15, 0.2) is 0 Å². The lowest BCUT2D eigenvalue weighted by Gasteiger charge is -2.29. The average Bonchev–Trinajstić information content (AvgIpc) is 3.48. The van der Waals surface area contributed by atoms with Crippen molar-refractivity contribution in [2.75, 3.05) is 0 Å². The van der Waals surface area contributed by atoms with Gasteiger partial charge in [-0.3, -0.25) is 39.0 Å². The van der Waals surface area contributed by atoms with E-state index in [1.165, 1.54) is 0 Å². The maximum absolute atomic E-state index is 13.0. The molecule has 2 aromatic carbocycles. The van der Waals surface area contributed by atoms with Gasteiger partial charge in [-0.25, -0.2) is 0 Å². The number of aryl methyl sites for hydroxylation is 2. The van der Waals surface area contributed by atoms with E-state index in [-0.39, 0.29) is 52.7 Å². The first kappa shape index (κ1) is 35.7. The third-order valence-electron chi connectivity index (χ3n) is 9.59. The van der Waals surface area contributed by atoms with Crippen molar-refractivity contribution in [1.29, 1.82) is 0 Å². The molecular weight excluding hydrogens is 620 g/mol.